The van der Waals surface area contributed by atoms with Gasteiger partial charge < -0.3 is 15.5 Å². The molecule has 0 spiro atoms. The minimum Gasteiger partial charge on any atom is -0.336 e. The van der Waals surface area contributed by atoms with Crippen LogP contribution < -0.4 is 10.6 Å². The van der Waals surface area contributed by atoms with Crippen molar-refractivity contribution in [3.8, 4) is 6.07 Å². The van der Waals surface area contributed by atoms with E-state index in [1.807, 2.05) is 21.0 Å². The second-order valence-electron chi connectivity index (χ2n) is 5.88. The third-order valence-electron chi connectivity index (χ3n) is 3.84. The normalized spacial score (nSPS) is 11.6. The van der Waals surface area contributed by atoms with Crippen LogP contribution in [-0.4, -0.2) is 31.6 Å². The summed E-state index contributed by atoms with van der Waals surface area (Å²) in [6, 6.07) is 17.0. The average molecular weight is 322 g/mol. The molecule has 2 aromatic rings. The molecule has 124 valence electrons. The van der Waals surface area contributed by atoms with Crippen LogP contribution in [0.2, 0.25) is 0 Å². The first-order chi connectivity index (χ1) is 11.5. The van der Waals surface area contributed by atoms with E-state index in [1.165, 1.54) is 5.56 Å². The van der Waals surface area contributed by atoms with E-state index in [0.717, 1.165) is 5.56 Å². The zero-order chi connectivity index (χ0) is 17.5. The van der Waals surface area contributed by atoms with Crippen molar-refractivity contribution in [3.05, 3.63) is 65.2 Å². The minimum atomic E-state index is -0.323. The summed E-state index contributed by atoms with van der Waals surface area (Å²) in [7, 11) is 3.96. The first kappa shape index (κ1) is 17.5. The van der Waals surface area contributed by atoms with Gasteiger partial charge in [0.2, 0.25) is 0 Å². The number of nitriles is 1. The maximum Gasteiger partial charge on any atom is 0.319 e. The quantitative estimate of drug-likeness (QED) is 0.887. The van der Waals surface area contributed by atoms with Gasteiger partial charge in [0, 0.05) is 6.54 Å². The van der Waals surface area contributed by atoms with Gasteiger partial charge in [-0.25, -0.2) is 4.79 Å². The van der Waals surface area contributed by atoms with Gasteiger partial charge in [-0.15, -0.1) is 0 Å². The second-order valence-corrected chi connectivity index (χ2v) is 5.88. The molecule has 2 amide bonds. The van der Waals surface area contributed by atoms with E-state index in [0.29, 0.717) is 17.8 Å². The van der Waals surface area contributed by atoms with Gasteiger partial charge in [0.05, 0.1) is 17.3 Å². The summed E-state index contributed by atoms with van der Waals surface area (Å²) in [5.74, 6) is 0. The summed E-state index contributed by atoms with van der Waals surface area (Å²) in [4.78, 5) is 14.2. The highest BCUT2D eigenvalue weighted by Crippen LogP contribution is 2.18. The van der Waals surface area contributed by atoms with Gasteiger partial charge in [0.15, 0.2) is 0 Å². The van der Waals surface area contributed by atoms with Crippen molar-refractivity contribution >= 4 is 11.7 Å². The molecule has 0 aromatic heterocycles. The number of nitrogens with zero attached hydrogens (tertiary/aromatic N) is 2. The Bertz CT molecular complexity index is 732. The van der Waals surface area contributed by atoms with Crippen LogP contribution in [0.1, 0.15) is 22.7 Å². The van der Waals surface area contributed by atoms with Crippen LogP contribution in [0.5, 0.6) is 0 Å². The molecule has 2 N–H and O–H groups in total. The molecule has 0 aliphatic carbocycles. The van der Waals surface area contributed by atoms with Crippen LogP contribution in [0.15, 0.2) is 48.5 Å². The van der Waals surface area contributed by atoms with Crippen LogP contribution in [0.25, 0.3) is 0 Å². The highest BCUT2D eigenvalue weighted by molar-refractivity contribution is 5.90. The van der Waals surface area contributed by atoms with Gasteiger partial charge in [-0.3, -0.25) is 0 Å². The molecule has 0 heterocycles. The van der Waals surface area contributed by atoms with Gasteiger partial charge >= 0.3 is 6.03 Å². The van der Waals surface area contributed by atoms with Crippen LogP contribution >= 0.6 is 0 Å². The van der Waals surface area contributed by atoms with Gasteiger partial charge in [0.1, 0.15) is 6.07 Å². The third-order valence-corrected chi connectivity index (χ3v) is 3.84. The number of carbonyl (C=O) groups is 1. The Hall–Kier alpha value is -2.84. The number of rotatable bonds is 5. The molecule has 1 atom stereocenters. The first-order valence-corrected chi connectivity index (χ1v) is 7.78. The fourth-order valence-electron chi connectivity index (χ4n) is 2.43. The number of nitrogens with one attached hydrogen (secondary N) is 2. The largest absolute Gasteiger partial charge is 0.336 e. The number of aryl methyl sites for hydroxylation is 1. The lowest BCUT2D eigenvalue weighted by Crippen LogP contribution is -2.37. The Balaban J connectivity index is 2.00. The molecule has 24 heavy (non-hydrogen) atoms. The first-order valence-electron chi connectivity index (χ1n) is 7.78. The van der Waals surface area contributed by atoms with Crippen molar-refractivity contribution in [2.75, 3.05) is 26.0 Å². The maximum atomic E-state index is 12.1. The monoisotopic (exact) mass is 322 g/mol. The van der Waals surface area contributed by atoms with Crippen molar-refractivity contribution in [1.29, 1.82) is 5.26 Å². The highest BCUT2D eigenvalue weighted by atomic mass is 16.2. The van der Waals surface area contributed by atoms with Crippen molar-refractivity contribution in [1.82, 2.24) is 10.2 Å². The molecule has 2 aromatic carbocycles. The topological polar surface area (TPSA) is 68.2 Å². The van der Waals surface area contributed by atoms with Crippen molar-refractivity contribution < 1.29 is 4.79 Å². The summed E-state index contributed by atoms with van der Waals surface area (Å²) in [6.07, 6.45) is 0. The summed E-state index contributed by atoms with van der Waals surface area (Å²) in [5.41, 5.74) is 3.29. The SMILES string of the molecule is Cc1ccc(C(CNC(=O)Nc2ccccc2C#N)N(C)C)cc1. The van der Waals surface area contributed by atoms with Crippen LogP contribution in [0.4, 0.5) is 10.5 Å². The van der Waals surface area contributed by atoms with Crippen molar-refractivity contribution in [2.45, 2.75) is 13.0 Å². The van der Waals surface area contributed by atoms with Gasteiger partial charge in [-0.05, 0) is 38.7 Å². The number of likely N-dealkylation sites (N-methyl/N-ethyl adjacent to an activating group) is 1. The molecule has 2 rings (SSSR count). The molecule has 0 aliphatic heterocycles. The number of urea groups is 1. The summed E-state index contributed by atoms with van der Waals surface area (Å²) in [6.45, 7) is 2.52. The molecule has 0 radical (unpaired) electrons. The smallest absolute Gasteiger partial charge is 0.319 e. The molecule has 0 fully saturated rings. The van der Waals surface area contributed by atoms with Crippen LogP contribution in [0, 0.1) is 18.3 Å². The molecular weight excluding hydrogens is 300 g/mol. The zero-order valence-electron chi connectivity index (χ0n) is 14.2. The van der Waals surface area contributed by atoms with E-state index in [1.54, 1.807) is 24.3 Å². The lowest BCUT2D eigenvalue weighted by molar-refractivity contribution is 0.243. The number of hydrogen-bond acceptors (Lipinski definition) is 3. The molecule has 1 unspecified atom stereocenters. The molecule has 0 saturated carbocycles. The molecule has 0 aliphatic rings. The summed E-state index contributed by atoms with van der Waals surface area (Å²) < 4.78 is 0. The second kappa shape index (κ2) is 8.14. The van der Waals surface area contributed by atoms with E-state index in [-0.39, 0.29) is 12.1 Å². The van der Waals surface area contributed by atoms with Gasteiger partial charge in [-0.1, -0.05) is 42.0 Å². The molecular formula is C19H22N4O. The van der Waals surface area contributed by atoms with Crippen LogP contribution in [0.3, 0.4) is 0 Å². The Morgan fingerprint density at radius 2 is 1.83 bits per heavy atom. The summed E-state index contributed by atoms with van der Waals surface area (Å²) >= 11 is 0. The predicted octanol–water partition coefficient (Wildman–Crippen LogP) is 3.29. The zero-order valence-corrected chi connectivity index (χ0v) is 14.2. The molecule has 0 bridgehead atoms. The Kier molecular flexibility index (Phi) is 5.94. The Morgan fingerprint density at radius 1 is 1.17 bits per heavy atom. The van der Waals surface area contributed by atoms with E-state index >= 15 is 0 Å². The standard InChI is InChI=1S/C19H22N4O/c1-14-8-10-15(11-9-14)18(23(2)3)13-21-19(24)22-17-7-5-4-6-16(17)12-20/h4-11,18H,13H2,1-3H3,(H2,21,22,24). The van der Waals surface area contributed by atoms with Crippen molar-refractivity contribution in [3.63, 3.8) is 0 Å². The number of amides is 2. The van der Waals surface area contributed by atoms with Gasteiger partial charge in [-0.2, -0.15) is 5.26 Å². The Morgan fingerprint density at radius 3 is 2.46 bits per heavy atom. The number of para-hydroxylation sites is 1. The van der Waals surface area contributed by atoms with Crippen molar-refractivity contribution in [2.24, 2.45) is 0 Å². The lowest BCUT2D eigenvalue weighted by Gasteiger charge is -2.25. The maximum absolute atomic E-state index is 12.1. The number of hydrogen-bond donors (Lipinski definition) is 2. The summed E-state index contributed by atoms with van der Waals surface area (Å²) in [5, 5.41) is 14.7. The fourth-order valence-corrected chi connectivity index (χ4v) is 2.43. The fraction of sp³-hybridized carbons (Fsp3) is 0.263. The number of anilines is 1. The van der Waals surface area contributed by atoms with Gasteiger partial charge in [0.25, 0.3) is 0 Å². The van der Waals surface area contributed by atoms with E-state index < -0.39 is 0 Å². The number of benzene rings is 2. The van der Waals surface area contributed by atoms with E-state index in [9.17, 15) is 4.79 Å². The highest BCUT2D eigenvalue weighted by Gasteiger charge is 2.15. The minimum absolute atomic E-state index is 0.0718. The molecule has 5 nitrogen and oxygen atoms in total. The lowest BCUT2D eigenvalue weighted by atomic mass is 10.0. The van der Waals surface area contributed by atoms with E-state index in [2.05, 4.69) is 45.9 Å². The third kappa shape index (κ3) is 4.58. The number of carbonyl (C=O) groups excluding carboxylic acids is 1. The Labute approximate surface area is 142 Å². The van der Waals surface area contributed by atoms with E-state index in [4.69, 9.17) is 5.26 Å². The average Bonchev–Trinajstić information content (AvgIpc) is 2.57. The van der Waals surface area contributed by atoms with Crippen LogP contribution in [-0.2, 0) is 0 Å². The molecule has 5 heteroatoms. The predicted molar refractivity (Wildman–Crippen MR) is 95.8 cm³/mol. The molecule has 0 saturated heterocycles.